The molecule has 0 aliphatic heterocycles. The molecule has 64 valence electrons. The maximum atomic E-state index is 4.93. The van der Waals surface area contributed by atoms with Crippen LogP contribution in [0.15, 0.2) is 13.8 Å². The van der Waals surface area contributed by atoms with Crippen molar-refractivity contribution < 1.29 is 0 Å². The van der Waals surface area contributed by atoms with Crippen molar-refractivity contribution in [2.45, 2.75) is 0 Å². The van der Waals surface area contributed by atoms with E-state index in [9.17, 15) is 0 Å². The summed E-state index contributed by atoms with van der Waals surface area (Å²) in [4.78, 5) is 0. The van der Waals surface area contributed by atoms with Crippen molar-refractivity contribution in [1.82, 2.24) is 0 Å². The zero-order valence-electron chi connectivity index (χ0n) is 5.62. The lowest BCUT2D eigenvalue weighted by Gasteiger charge is -1.78. The van der Waals surface area contributed by atoms with Crippen LogP contribution in [0.5, 0.6) is 0 Å². The number of nitrogens with zero attached hydrogens (tertiary/aromatic N) is 3. The molecular formula is CH10N6P4. The third-order valence-corrected chi connectivity index (χ3v) is 1.55. The molecule has 0 aliphatic rings. The molecule has 0 rings (SSSR count). The molecule has 11 heavy (non-hydrogen) atoms. The van der Waals surface area contributed by atoms with Gasteiger partial charge in [-0.2, -0.15) is 4.76 Å². The highest BCUT2D eigenvalue weighted by molar-refractivity contribution is 7.34. The smallest absolute Gasteiger partial charge is 0.196 e. The maximum Gasteiger partial charge on any atom is 0.196 e. The van der Waals surface area contributed by atoms with E-state index in [-0.39, 0.29) is 5.96 Å². The number of hydrogen-bond acceptors (Lipinski definition) is 2. The Hall–Kier alpha value is 0.290. The van der Waals surface area contributed by atoms with Gasteiger partial charge < -0.3 is 11.5 Å². The molecule has 0 spiro atoms. The summed E-state index contributed by atoms with van der Waals surface area (Å²) in [6, 6.07) is 0. The monoisotopic (exact) mass is 230 g/mol. The summed E-state index contributed by atoms with van der Waals surface area (Å²) in [5.74, 6) is 0.0628. The van der Waals surface area contributed by atoms with Gasteiger partial charge in [0.1, 0.15) is 0 Å². The summed E-state index contributed by atoms with van der Waals surface area (Å²) in [5.41, 5.74) is 14.7. The predicted octanol–water partition coefficient (Wildman–Crippen LogP) is 0.875. The highest BCUT2D eigenvalue weighted by Gasteiger charge is 1.68. The third-order valence-electron chi connectivity index (χ3n) is 0.278. The second kappa shape index (κ2) is 12.9. The number of hydrogen-bond donors (Lipinski definition) is 3. The fraction of sp³-hybridized carbons (Fsp3) is 0. The largest absolute Gasteiger partial charge is 0.370 e. The molecule has 0 aromatic heterocycles. The van der Waals surface area contributed by atoms with Crippen LogP contribution in [0.2, 0.25) is 0 Å². The Morgan fingerprint density at radius 2 is 1.64 bits per heavy atom. The molecule has 0 radical (unpaired) electrons. The Morgan fingerprint density at radius 3 is 1.73 bits per heavy atom. The lowest BCUT2D eigenvalue weighted by atomic mass is 11.1. The molecule has 2 atom stereocenters. The summed E-state index contributed by atoms with van der Waals surface area (Å²) >= 11 is 0. The molecule has 6 N–H and O–H groups in total. The van der Waals surface area contributed by atoms with Crippen LogP contribution in [0.3, 0.4) is 0 Å². The van der Waals surface area contributed by atoms with E-state index in [1.165, 1.54) is 0 Å². The Labute approximate surface area is 73.2 Å². The number of nitrogens with two attached hydrogens (primary N) is 3. The zero-order chi connectivity index (χ0) is 9.11. The first-order valence-corrected chi connectivity index (χ1v) is 4.92. The van der Waals surface area contributed by atoms with Gasteiger partial charge in [0.2, 0.25) is 0 Å². The van der Waals surface area contributed by atoms with Gasteiger partial charge in [0.25, 0.3) is 0 Å². The van der Waals surface area contributed by atoms with Gasteiger partial charge in [-0.15, -0.1) is 0 Å². The van der Waals surface area contributed by atoms with Crippen LogP contribution in [-0.2, 0) is 0 Å². The molecular weight excluding hydrogens is 220 g/mol. The van der Waals surface area contributed by atoms with E-state index in [1.807, 2.05) is 0 Å². The minimum atomic E-state index is 0.0628. The van der Waals surface area contributed by atoms with Crippen LogP contribution < -0.4 is 17.0 Å². The van der Waals surface area contributed by atoms with Crippen LogP contribution in [0.1, 0.15) is 0 Å². The fourth-order valence-corrected chi connectivity index (χ4v) is 0.387. The summed E-state index contributed by atoms with van der Waals surface area (Å²) in [5, 5.41) is 0. The maximum absolute atomic E-state index is 4.93. The van der Waals surface area contributed by atoms with Gasteiger partial charge >= 0.3 is 0 Å². The minimum Gasteiger partial charge on any atom is -0.370 e. The average molecular weight is 230 g/mol. The summed E-state index contributed by atoms with van der Waals surface area (Å²) in [6.07, 6.45) is 0. The van der Waals surface area contributed by atoms with E-state index >= 15 is 0 Å². The first-order valence-electron chi connectivity index (χ1n) is 2.18. The van der Waals surface area contributed by atoms with Gasteiger partial charge in [0.05, 0.1) is 8.52 Å². The van der Waals surface area contributed by atoms with Gasteiger partial charge in [-0.1, -0.05) is 0 Å². The van der Waals surface area contributed by atoms with Crippen molar-refractivity contribution >= 4 is 41.8 Å². The van der Waals surface area contributed by atoms with E-state index in [2.05, 4.69) is 32.6 Å². The standard InChI is InChI=1S/CH6N4P2.H4N2P2/c2-1(3)4-7-5-6;1-4-2-3/h6H2,(H4,2,3,4,5);3H2,(H2,1,2). The molecule has 10 heteroatoms. The van der Waals surface area contributed by atoms with E-state index < -0.39 is 0 Å². The summed E-state index contributed by atoms with van der Waals surface area (Å²) in [6.45, 7) is 0. The quantitative estimate of drug-likeness (QED) is 0.352. The normalized spacial score (nSPS) is 9.36. The van der Waals surface area contributed by atoms with Gasteiger partial charge in [-0.25, -0.2) is 9.03 Å². The molecule has 6 nitrogen and oxygen atoms in total. The average Bonchev–Trinajstić information content (AvgIpc) is 2.01. The number of guanidine groups is 1. The van der Waals surface area contributed by atoms with Crippen molar-refractivity contribution in [2.75, 3.05) is 0 Å². The first-order chi connectivity index (χ1) is 5.18. The molecule has 0 bridgehead atoms. The second-order valence-electron chi connectivity index (χ2n) is 0.961. The fourth-order valence-electron chi connectivity index (χ4n) is 0.0775. The van der Waals surface area contributed by atoms with Crippen LogP contribution in [-0.4, -0.2) is 5.96 Å². The highest BCUT2D eigenvalue weighted by Crippen LogP contribution is 2.03. The van der Waals surface area contributed by atoms with E-state index in [0.29, 0.717) is 17.0 Å². The summed E-state index contributed by atoms with van der Waals surface area (Å²) in [7, 11) is 5.40. The Kier molecular flexibility index (Phi) is 16.3. The molecule has 0 aromatic carbocycles. The van der Waals surface area contributed by atoms with Gasteiger partial charge in [0, 0.05) is 0 Å². The molecule has 2 unspecified atom stereocenters. The third kappa shape index (κ3) is 25.3. The van der Waals surface area contributed by atoms with Crippen molar-refractivity contribution in [2.24, 2.45) is 30.8 Å². The predicted molar refractivity (Wildman–Crippen MR) is 58.1 cm³/mol. The van der Waals surface area contributed by atoms with Crippen LogP contribution in [0, 0.1) is 0 Å². The van der Waals surface area contributed by atoms with E-state index in [1.54, 1.807) is 0 Å². The van der Waals surface area contributed by atoms with Crippen molar-refractivity contribution in [3.63, 3.8) is 0 Å². The van der Waals surface area contributed by atoms with E-state index in [0.717, 1.165) is 0 Å². The van der Waals surface area contributed by atoms with Gasteiger partial charge in [-0.05, 0) is 18.8 Å². The molecule has 0 fully saturated rings. The van der Waals surface area contributed by atoms with Crippen molar-refractivity contribution in [3.05, 3.63) is 0 Å². The lowest BCUT2D eigenvalue weighted by Crippen LogP contribution is -2.21. The molecule has 0 amide bonds. The molecule has 0 saturated heterocycles. The Bertz CT molecular complexity index is 143. The zero-order valence-corrected chi connectivity index (χ0v) is 9.72. The Balaban J connectivity index is 0. The molecule has 0 aromatic rings. The summed E-state index contributed by atoms with van der Waals surface area (Å²) < 4.78 is 10.4. The second-order valence-corrected chi connectivity index (χ2v) is 3.42. The number of rotatable bonds is 1. The highest BCUT2D eigenvalue weighted by atomic mass is 31.1. The van der Waals surface area contributed by atoms with Gasteiger partial charge in [-0.3, -0.25) is 5.50 Å². The lowest BCUT2D eigenvalue weighted by molar-refractivity contribution is 1.53. The minimum absolute atomic E-state index is 0.0628. The van der Waals surface area contributed by atoms with Crippen LogP contribution >= 0.6 is 35.8 Å². The molecule has 0 heterocycles. The Morgan fingerprint density at radius 1 is 1.18 bits per heavy atom. The first kappa shape index (κ1) is 13.9. The van der Waals surface area contributed by atoms with Crippen LogP contribution in [0.4, 0.5) is 0 Å². The molecule has 0 aliphatic carbocycles. The molecule has 0 saturated carbocycles. The van der Waals surface area contributed by atoms with Gasteiger partial charge in [0.15, 0.2) is 14.5 Å². The van der Waals surface area contributed by atoms with Crippen molar-refractivity contribution in [3.8, 4) is 0 Å². The SMILES string of the molecule is NC(N)=NP=NP.NP=NP. The topological polar surface area (TPSA) is 115 Å². The van der Waals surface area contributed by atoms with Crippen molar-refractivity contribution in [1.29, 1.82) is 0 Å². The van der Waals surface area contributed by atoms with E-state index in [4.69, 9.17) is 17.0 Å². The van der Waals surface area contributed by atoms with Crippen LogP contribution in [0.25, 0.3) is 0 Å².